The molecule has 1 saturated carbocycles. The number of amides is 3. The van der Waals surface area contributed by atoms with E-state index in [9.17, 15) is 9.59 Å². The van der Waals surface area contributed by atoms with Crippen LogP contribution in [0.5, 0.6) is 0 Å². The summed E-state index contributed by atoms with van der Waals surface area (Å²) < 4.78 is 0. The molecular weight excluding hydrogens is 280 g/mol. The van der Waals surface area contributed by atoms with E-state index in [1.165, 1.54) is 19.3 Å². The molecule has 3 amide bonds. The predicted octanol–water partition coefficient (Wildman–Crippen LogP) is 1.51. The molecule has 0 radical (unpaired) electrons. The maximum Gasteiger partial charge on any atom is 0.315 e. The van der Waals surface area contributed by atoms with Gasteiger partial charge in [-0.05, 0) is 32.7 Å². The molecule has 6 nitrogen and oxygen atoms in total. The lowest BCUT2D eigenvalue weighted by molar-refractivity contribution is -0.121. The van der Waals surface area contributed by atoms with E-state index in [0.29, 0.717) is 32.0 Å². The molecule has 1 atom stereocenters. The van der Waals surface area contributed by atoms with Crippen LogP contribution in [0.15, 0.2) is 0 Å². The van der Waals surface area contributed by atoms with Gasteiger partial charge in [-0.1, -0.05) is 26.2 Å². The van der Waals surface area contributed by atoms with Gasteiger partial charge in [0.1, 0.15) is 0 Å². The standard InChI is InChI=1S/C16H32N4O2/c1-3-17-13(2)12-19-15(21)10-7-11-18-16(22)20-14-8-5-4-6-9-14/h13-14,17H,3-12H2,1-2H3,(H,19,21)(H2,18,20,22)/t13-/m1/s1. The Morgan fingerprint density at radius 2 is 1.86 bits per heavy atom. The van der Waals surface area contributed by atoms with Crippen molar-refractivity contribution in [1.82, 2.24) is 21.3 Å². The third-order valence-electron chi connectivity index (χ3n) is 3.96. The van der Waals surface area contributed by atoms with Gasteiger partial charge in [-0.2, -0.15) is 0 Å². The lowest BCUT2D eigenvalue weighted by Crippen LogP contribution is -2.43. The van der Waals surface area contributed by atoms with Gasteiger partial charge in [0.25, 0.3) is 0 Å². The Morgan fingerprint density at radius 1 is 1.14 bits per heavy atom. The zero-order valence-electron chi connectivity index (χ0n) is 14.0. The molecule has 0 saturated heterocycles. The van der Waals surface area contributed by atoms with Crippen LogP contribution in [-0.4, -0.2) is 43.7 Å². The van der Waals surface area contributed by atoms with E-state index in [1.807, 2.05) is 13.8 Å². The first-order valence-electron chi connectivity index (χ1n) is 8.66. The summed E-state index contributed by atoms with van der Waals surface area (Å²) in [5.41, 5.74) is 0. The number of rotatable bonds is 9. The fourth-order valence-electron chi connectivity index (χ4n) is 2.71. The van der Waals surface area contributed by atoms with Crippen molar-refractivity contribution in [2.45, 2.75) is 70.9 Å². The highest BCUT2D eigenvalue weighted by Crippen LogP contribution is 2.17. The van der Waals surface area contributed by atoms with Crippen molar-refractivity contribution in [1.29, 1.82) is 0 Å². The summed E-state index contributed by atoms with van der Waals surface area (Å²) in [6.07, 6.45) is 6.97. The van der Waals surface area contributed by atoms with Gasteiger partial charge >= 0.3 is 6.03 Å². The van der Waals surface area contributed by atoms with Crippen LogP contribution in [0.2, 0.25) is 0 Å². The highest BCUT2D eigenvalue weighted by molar-refractivity contribution is 5.76. The monoisotopic (exact) mass is 312 g/mol. The SMILES string of the molecule is CCN[C@H](C)CNC(=O)CCCNC(=O)NC1CCCCC1. The molecule has 0 aromatic heterocycles. The van der Waals surface area contributed by atoms with Gasteiger partial charge < -0.3 is 21.3 Å². The van der Waals surface area contributed by atoms with Crippen molar-refractivity contribution < 1.29 is 9.59 Å². The van der Waals surface area contributed by atoms with E-state index in [2.05, 4.69) is 21.3 Å². The molecule has 22 heavy (non-hydrogen) atoms. The normalized spacial score (nSPS) is 16.8. The van der Waals surface area contributed by atoms with Crippen LogP contribution < -0.4 is 21.3 Å². The van der Waals surface area contributed by atoms with Crippen LogP contribution in [-0.2, 0) is 4.79 Å². The fraction of sp³-hybridized carbons (Fsp3) is 0.875. The molecule has 6 heteroatoms. The number of likely N-dealkylation sites (N-methyl/N-ethyl adjacent to an activating group) is 1. The summed E-state index contributed by atoms with van der Waals surface area (Å²) in [5.74, 6) is 0.0410. The predicted molar refractivity (Wildman–Crippen MR) is 88.8 cm³/mol. The van der Waals surface area contributed by atoms with E-state index in [1.54, 1.807) is 0 Å². The number of nitrogens with one attached hydrogen (secondary N) is 4. The molecule has 0 spiro atoms. The molecule has 0 unspecified atom stereocenters. The van der Waals surface area contributed by atoms with Crippen LogP contribution in [0.4, 0.5) is 4.79 Å². The third kappa shape index (κ3) is 8.87. The first-order valence-corrected chi connectivity index (χ1v) is 8.66. The van der Waals surface area contributed by atoms with Crippen LogP contribution in [0, 0.1) is 0 Å². The minimum Gasteiger partial charge on any atom is -0.355 e. The quantitative estimate of drug-likeness (QED) is 0.487. The Morgan fingerprint density at radius 3 is 2.55 bits per heavy atom. The number of carbonyl (C=O) groups is 2. The van der Waals surface area contributed by atoms with E-state index < -0.39 is 0 Å². The Bertz CT molecular complexity index is 330. The van der Waals surface area contributed by atoms with E-state index in [0.717, 1.165) is 19.4 Å². The Hall–Kier alpha value is -1.30. The molecule has 0 aromatic rings. The Balaban J connectivity index is 1.99. The van der Waals surface area contributed by atoms with Crippen molar-refractivity contribution in [2.75, 3.05) is 19.6 Å². The minimum absolute atomic E-state index is 0.0410. The van der Waals surface area contributed by atoms with Crippen LogP contribution in [0.1, 0.15) is 58.8 Å². The molecule has 1 aliphatic carbocycles. The second-order valence-electron chi connectivity index (χ2n) is 6.10. The summed E-state index contributed by atoms with van der Waals surface area (Å²) in [4.78, 5) is 23.4. The van der Waals surface area contributed by atoms with Gasteiger partial charge in [0, 0.05) is 31.6 Å². The highest BCUT2D eigenvalue weighted by atomic mass is 16.2. The van der Waals surface area contributed by atoms with Crippen molar-refractivity contribution in [2.24, 2.45) is 0 Å². The molecule has 1 rings (SSSR count). The van der Waals surface area contributed by atoms with Gasteiger partial charge in [0.2, 0.25) is 5.91 Å². The summed E-state index contributed by atoms with van der Waals surface area (Å²) in [5, 5.41) is 12.0. The number of hydrogen-bond acceptors (Lipinski definition) is 3. The average molecular weight is 312 g/mol. The zero-order valence-corrected chi connectivity index (χ0v) is 14.0. The fourth-order valence-corrected chi connectivity index (χ4v) is 2.71. The van der Waals surface area contributed by atoms with Gasteiger partial charge in [-0.15, -0.1) is 0 Å². The highest BCUT2D eigenvalue weighted by Gasteiger charge is 2.15. The molecule has 0 aromatic carbocycles. The van der Waals surface area contributed by atoms with Crippen LogP contribution >= 0.6 is 0 Å². The molecular formula is C16H32N4O2. The average Bonchev–Trinajstić information content (AvgIpc) is 2.51. The van der Waals surface area contributed by atoms with Crippen LogP contribution in [0.3, 0.4) is 0 Å². The van der Waals surface area contributed by atoms with Crippen molar-refractivity contribution in [3.63, 3.8) is 0 Å². The van der Waals surface area contributed by atoms with Crippen LogP contribution in [0.25, 0.3) is 0 Å². The molecule has 4 N–H and O–H groups in total. The summed E-state index contributed by atoms with van der Waals surface area (Å²) in [6, 6.07) is 0.506. The van der Waals surface area contributed by atoms with Crippen molar-refractivity contribution in [3.05, 3.63) is 0 Å². The lowest BCUT2D eigenvalue weighted by Gasteiger charge is -2.22. The van der Waals surface area contributed by atoms with Crippen molar-refractivity contribution >= 4 is 11.9 Å². The largest absolute Gasteiger partial charge is 0.355 e. The van der Waals surface area contributed by atoms with Gasteiger partial charge in [-0.3, -0.25) is 4.79 Å². The van der Waals surface area contributed by atoms with Gasteiger partial charge in [0.15, 0.2) is 0 Å². The second kappa shape index (κ2) is 11.3. The Labute approximate surface area is 134 Å². The molecule has 128 valence electrons. The molecule has 1 aliphatic rings. The number of carbonyl (C=O) groups excluding carboxylic acids is 2. The van der Waals surface area contributed by atoms with Gasteiger partial charge in [-0.25, -0.2) is 4.79 Å². The second-order valence-corrected chi connectivity index (χ2v) is 6.10. The zero-order chi connectivity index (χ0) is 16.2. The first-order chi connectivity index (χ1) is 10.6. The Kier molecular flexibility index (Phi) is 9.62. The maximum absolute atomic E-state index is 11.7. The summed E-state index contributed by atoms with van der Waals surface area (Å²) in [6.45, 7) is 6.16. The first kappa shape index (κ1) is 18.7. The molecule has 0 aliphatic heterocycles. The molecule has 1 fully saturated rings. The summed E-state index contributed by atoms with van der Waals surface area (Å²) in [7, 11) is 0. The van der Waals surface area contributed by atoms with E-state index >= 15 is 0 Å². The number of hydrogen-bond donors (Lipinski definition) is 4. The van der Waals surface area contributed by atoms with E-state index in [-0.39, 0.29) is 18.0 Å². The third-order valence-corrected chi connectivity index (χ3v) is 3.96. The summed E-state index contributed by atoms with van der Waals surface area (Å²) >= 11 is 0. The van der Waals surface area contributed by atoms with E-state index in [4.69, 9.17) is 0 Å². The lowest BCUT2D eigenvalue weighted by atomic mass is 9.96. The van der Waals surface area contributed by atoms with Crippen molar-refractivity contribution in [3.8, 4) is 0 Å². The molecule has 0 heterocycles. The molecule has 0 bridgehead atoms. The smallest absolute Gasteiger partial charge is 0.315 e. The topological polar surface area (TPSA) is 82.3 Å². The van der Waals surface area contributed by atoms with Gasteiger partial charge in [0.05, 0.1) is 0 Å². The maximum atomic E-state index is 11.7. The number of urea groups is 1. The minimum atomic E-state index is -0.104.